The monoisotopic (exact) mass is 248 g/mol. The zero-order valence-electron chi connectivity index (χ0n) is 8.39. The maximum atomic E-state index is 12.5. The SMILES string of the molecule is COC(=O)c1cc(O)c([N+](=O)[O-])nc1C(F)F. The summed E-state index contributed by atoms with van der Waals surface area (Å²) in [7, 11) is 0.941. The lowest BCUT2D eigenvalue weighted by molar-refractivity contribution is -0.390. The van der Waals surface area contributed by atoms with E-state index in [0.717, 1.165) is 7.11 Å². The molecule has 0 aliphatic rings. The van der Waals surface area contributed by atoms with E-state index in [9.17, 15) is 23.7 Å². The number of alkyl halides is 2. The molecule has 0 spiro atoms. The molecule has 1 rings (SSSR count). The van der Waals surface area contributed by atoms with Gasteiger partial charge in [0.25, 0.3) is 0 Å². The summed E-state index contributed by atoms with van der Waals surface area (Å²) in [6.45, 7) is 0. The lowest BCUT2D eigenvalue weighted by Gasteiger charge is -2.04. The highest BCUT2D eigenvalue weighted by Crippen LogP contribution is 2.30. The molecule has 1 aromatic heterocycles. The van der Waals surface area contributed by atoms with E-state index in [-0.39, 0.29) is 0 Å². The van der Waals surface area contributed by atoms with Crippen molar-refractivity contribution < 1.29 is 28.3 Å². The predicted octanol–water partition coefficient (Wildman–Crippen LogP) is 1.42. The van der Waals surface area contributed by atoms with Gasteiger partial charge in [0.1, 0.15) is 5.56 Å². The minimum atomic E-state index is -3.21. The first-order valence-corrected chi connectivity index (χ1v) is 4.13. The van der Waals surface area contributed by atoms with Crippen LogP contribution in [0.4, 0.5) is 14.6 Å². The van der Waals surface area contributed by atoms with Crippen LogP contribution < -0.4 is 0 Å². The summed E-state index contributed by atoms with van der Waals surface area (Å²) < 4.78 is 29.2. The lowest BCUT2D eigenvalue weighted by Crippen LogP contribution is -2.09. The van der Waals surface area contributed by atoms with Crippen LogP contribution in [0.1, 0.15) is 22.5 Å². The number of carbonyl (C=O) groups excluding carboxylic acids is 1. The molecule has 0 aliphatic carbocycles. The molecule has 1 N–H and O–H groups in total. The molecule has 0 fully saturated rings. The van der Waals surface area contributed by atoms with Crippen molar-refractivity contribution in [2.75, 3.05) is 7.11 Å². The standard InChI is InChI=1S/C8H6F2N2O5/c1-17-8(14)3-2-4(13)7(12(15)16)11-5(3)6(9)10/h2,6,13H,1H3. The van der Waals surface area contributed by atoms with E-state index in [1.54, 1.807) is 0 Å². The van der Waals surface area contributed by atoms with Crippen molar-refractivity contribution in [3.05, 3.63) is 27.4 Å². The van der Waals surface area contributed by atoms with Gasteiger partial charge in [-0.15, -0.1) is 0 Å². The molecule has 17 heavy (non-hydrogen) atoms. The number of halogens is 2. The molecule has 7 nitrogen and oxygen atoms in total. The van der Waals surface area contributed by atoms with Gasteiger partial charge >= 0.3 is 18.2 Å². The Morgan fingerprint density at radius 2 is 2.24 bits per heavy atom. The average Bonchev–Trinajstić information content (AvgIpc) is 2.26. The predicted molar refractivity (Wildman–Crippen MR) is 48.9 cm³/mol. The maximum absolute atomic E-state index is 12.5. The second kappa shape index (κ2) is 4.68. The second-order valence-electron chi connectivity index (χ2n) is 2.81. The number of aromatic hydroxyl groups is 1. The molecule has 0 radical (unpaired) electrons. The van der Waals surface area contributed by atoms with Gasteiger partial charge in [0.05, 0.1) is 7.11 Å². The van der Waals surface area contributed by atoms with Crippen LogP contribution in [0.2, 0.25) is 0 Å². The molecular weight excluding hydrogens is 242 g/mol. The molecular formula is C8H6F2N2O5. The van der Waals surface area contributed by atoms with E-state index in [1.165, 1.54) is 0 Å². The Hall–Kier alpha value is -2.32. The van der Waals surface area contributed by atoms with Crippen molar-refractivity contribution in [3.63, 3.8) is 0 Å². The average molecular weight is 248 g/mol. The van der Waals surface area contributed by atoms with Crippen molar-refractivity contribution in [2.45, 2.75) is 6.43 Å². The van der Waals surface area contributed by atoms with E-state index in [2.05, 4.69) is 9.72 Å². The number of rotatable bonds is 3. The molecule has 0 bridgehead atoms. The molecule has 0 amide bonds. The smallest absolute Gasteiger partial charge is 0.406 e. The molecule has 0 aromatic carbocycles. The Morgan fingerprint density at radius 1 is 1.65 bits per heavy atom. The van der Waals surface area contributed by atoms with Crippen molar-refractivity contribution in [2.24, 2.45) is 0 Å². The van der Waals surface area contributed by atoms with Crippen LogP contribution in [-0.2, 0) is 4.74 Å². The van der Waals surface area contributed by atoms with Crippen LogP contribution in [0.15, 0.2) is 6.07 Å². The van der Waals surface area contributed by atoms with Gasteiger partial charge in [0.2, 0.25) is 11.4 Å². The Kier molecular flexibility index (Phi) is 3.51. The minimum Gasteiger partial charge on any atom is -0.501 e. The number of aromatic nitrogens is 1. The number of pyridine rings is 1. The van der Waals surface area contributed by atoms with E-state index in [4.69, 9.17) is 5.11 Å². The molecule has 0 atom stereocenters. The van der Waals surface area contributed by atoms with Crippen LogP contribution in [0, 0.1) is 10.1 Å². The van der Waals surface area contributed by atoms with Gasteiger partial charge in [-0.1, -0.05) is 0 Å². The minimum absolute atomic E-state index is 0.526. The first-order chi connectivity index (χ1) is 7.88. The summed E-state index contributed by atoms with van der Waals surface area (Å²) in [5.41, 5.74) is -1.83. The van der Waals surface area contributed by atoms with Gasteiger partial charge in [-0.05, 0) is 9.91 Å². The molecule has 0 saturated heterocycles. The van der Waals surface area contributed by atoms with E-state index in [1.807, 2.05) is 0 Å². The summed E-state index contributed by atoms with van der Waals surface area (Å²) in [6.07, 6.45) is -3.21. The third-order valence-electron chi connectivity index (χ3n) is 1.80. The van der Waals surface area contributed by atoms with Gasteiger partial charge < -0.3 is 20.0 Å². The molecule has 0 saturated carbocycles. The summed E-state index contributed by atoms with van der Waals surface area (Å²) in [4.78, 5) is 23.3. The van der Waals surface area contributed by atoms with Gasteiger partial charge in [0.15, 0.2) is 0 Å². The highest BCUT2D eigenvalue weighted by atomic mass is 19.3. The third kappa shape index (κ3) is 2.44. The van der Waals surface area contributed by atoms with Gasteiger partial charge in [-0.25, -0.2) is 13.6 Å². The molecule has 9 heteroatoms. The first kappa shape index (κ1) is 12.7. The Labute approximate surface area is 92.8 Å². The van der Waals surface area contributed by atoms with Crippen LogP contribution in [-0.4, -0.2) is 28.1 Å². The van der Waals surface area contributed by atoms with Crippen molar-refractivity contribution in [1.29, 1.82) is 0 Å². The third-order valence-corrected chi connectivity index (χ3v) is 1.80. The van der Waals surface area contributed by atoms with Crippen LogP contribution in [0.3, 0.4) is 0 Å². The Balaban J connectivity index is 3.46. The normalized spacial score (nSPS) is 10.4. The number of hydrogen-bond acceptors (Lipinski definition) is 6. The zero-order chi connectivity index (χ0) is 13.2. The van der Waals surface area contributed by atoms with Crippen molar-refractivity contribution >= 4 is 11.8 Å². The number of nitrogens with zero attached hydrogens (tertiary/aromatic N) is 2. The van der Waals surface area contributed by atoms with E-state index < -0.39 is 40.1 Å². The van der Waals surface area contributed by atoms with Gasteiger partial charge in [0, 0.05) is 6.07 Å². The highest BCUT2D eigenvalue weighted by molar-refractivity contribution is 5.91. The summed E-state index contributed by atoms with van der Waals surface area (Å²) in [6, 6.07) is 0.526. The van der Waals surface area contributed by atoms with Crippen molar-refractivity contribution in [3.8, 4) is 5.75 Å². The molecule has 0 unspecified atom stereocenters. The summed E-state index contributed by atoms with van der Waals surface area (Å²) in [5, 5.41) is 19.5. The fourth-order valence-electron chi connectivity index (χ4n) is 1.08. The molecule has 0 aliphatic heterocycles. The number of methoxy groups -OCH3 is 1. The number of hydrogen-bond donors (Lipinski definition) is 1. The largest absolute Gasteiger partial charge is 0.501 e. The topological polar surface area (TPSA) is 103 Å². The summed E-state index contributed by atoms with van der Waals surface area (Å²) >= 11 is 0. The maximum Gasteiger partial charge on any atom is 0.406 e. The number of nitro groups is 1. The van der Waals surface area contributed by atoms with Crippen molar-refractivity contribution in [1.82, 2.24) is 4.98 Å². The summed E-state index contributed by atoms with van der Waals surface area (Å²) in [5.74, 6) is -3.30. The molecule has 1 aromatic rings. The number of carbonyl (C=O) groups is 1. The van der Waals surface area contributed by atoms with Crippen LogP contribution in [0.25, 0.3) is 0 Å². The Morgan fingerprint density at radius 3 is 2.65 bits per heavy atom. The van der Waals surface area contributed by atoms with Crippen LogP contribution in [0.5, 0.6) is 5.75 Å². The molecule has 1 heterocycles. The van der Waals surface area contributed by atoms with Gasteiger partial charge in [-0.3, -0.25) is 0 Å². The van der Waals surface area contributed by atoms with E-state index >= 15 is 0 Å². The second-order valence-corrected chi connectivity index (χ2v) is 2.81. The van der Waals surface area contributed by atoms with Crippen LogP contribution >= 0.6 is 0 Å². The quantitative estimate of drug-likeness (QED) is 0.493. The number of esters is 1. The fourth-order valence-corrected chi connectivity index (χ4v) is 1.08. The van der Waals surface area contributed by atoms with Gasteiger partial charge in [-0.2, -0.15) is 0 Å². The highest BCUT2D eigenvalue weighted by Gasteiger charge is 2.31. The van der Waals surface area contributed by atoms with E-state index in [0.29, 0.717) is 6.07 Å². The zero-order valence-corrected chi connectivity index (χ0v) is 8.39. The molecule has 92 valence electrons. The lowest BCUT2D eigenvalue weighted by atomic mass is 10.2. The fraction of sp³-hybridized carbons (Fsp3) is 0.250. The number of ether oxygens (including phenoxy) is 1. The Bertz CT molecular complexity index is 477. The first-order valence-electron chi connectivity index (χ1n) is 4.13.